The molecule has 0 radical (unpaired) electrons. The van der Waals surface area contributed by atoms with E-state index in [9.17, 15) is 14.4 Å². The van der Waals surface area contributed by atoms with Crippen molar-refractivity contribution in [2.45, 2.75) is 0 Å². The number of hydrogen-bond acceptors (Lipinski definition) is 6. The number of thioether (sulfide) groups is 1. The topological polar surface area (TPSA) is 84.9 Å². The molecule has 3 amide bonds. The van der Waals surface area contributed by atoms with E-state index in [-0.39, 0.29) is 11.4 Å². The second-order valence-electron chi connectivity index (χ2n) is 7.23. The Balaban J connectivity index is 1.37. The predicted molar refractivity (Wildman–Crippen MR) is 132 cm³/mol. The first-order valence-electron chi connectivity index (χ1n) is 10.6. The van der Waals surface area contributed by atoms with Crippen molar-refractivity contribution < 1.29 is 23.9 Å². The van der Waals surface area contributed by atoms with Gasteiger partial charge in [-0.25, -0.2) is 0 Å². The molecule has 1 saturated heterocycles. The molecule has 1 aliphatic heterocycles. The number of nitrogens with one attached hydrogen (secondary N) is 1. The maximum atomic E-state index is 12.8. The summed E-state index contributed by atoms with van der Waals surface area (Å²) in [5.74, 6) is 0.356. The molecule has 34 heavy (non-hydrogen) atoms. The number of hydrogen-bond donors (Lipinski definition) is 1. The first-order chi connectivity index (χ1) is 16.6. The highest BCUT2D eigenvalue weighted by molar-refractivity contribution is 8.18. The molecule has 0 unspecified atom stereocenters. The van der Waals surface area contributed by atoms with Gasteiger partial charge in [-0.1, -0.05) is 54.6 Å². The van der Waals surface area contributed by atoms with Crippen molar-refractivity contribution in [3.05, 3.63) is 95.4 Å². The number of benzene rings is 3. The van der Waals surface area contributed by atoms with Gasteiger partial charge in [0, 0.05) is 11.3 Å². The monoisotopic (exact) mass is 474 g/mol. The highest BCUT2D eigenvalue weighted by Crippen LogP contribution is 2.34. The maximum absolute atomic E-state index is 12.8. The molecule has 0 atom stereocenters. The Labute approximate surface area is 201 Å². The highest BCUT2D eigenvalue weighted by atomic mass is 32.2. The minimum atomic E-state index is -0.513. The zero-order chi connectivity index (χ0) is 23.8. The number of rotatable bonds is 9. The summed E-state index contributed by atoms with van der Waals surface area (Å²) in [6, 6.07) is 25.5. The molecule has 7 nitrogen and oxygen atoms in total. The van der Waals surface area contributed by atoms with E-state index in [4.69, 9.17) is 9.47 Å². The van der Waals surface area contributed by atoms with E-state index in [1.54, 1.807) is 42.5 Å². The Morgan fingerprint density at radius 1 is 0.853 bits per heavy atom. The number of amides is 3. The molecule has 0 spiro atoms. The summed E-state index contributed by atoms with van der Waals surface area (Å²) < 4.78 is 11.5. The zero-order valence-corrected chi connectivity index (χ0v) is 19.0. The van der Waals surface area contributed by atoms with Gasteiger partial charge in [0.25, 0.3) is 11.1 Å². The molecule has 1 N–H and O–H groups in total. The van der Waals surface area contributed by atoms with Crippen LogP contribution in [0.15, 0.2) is 89.8 Å². The second-order valence-corrected chi connectivity index (χ2v) is 8.22. The van der Waals surface area contributed by atoms with Gasteiger partial charge < -0.3 is 14.8 Å². The van der Waals surface area contributed by atoms with Crippen LogP contribution >= 0.6 is 11.8 Å². The minimum absolute atomic E-state index is 0.231. The number of imide groups is 1. The molecular formula is C26H22N2O5S. The normalized spacial score (nSPS) is 14.4. The second kappa shape index (κ2) is 11.2. The largest absolute Gasteiger partial charge is 0.490 e. The summed E-state index contributed by atoms with van der Waals surface area (Å²) in [5.41, 5.74) is 1.25. The van der Waals surface area contributed by atoms with E-state index < -0.39 is 17.1 Å². The van der Waals surface area contributed by atoms with Crippen molar-refractivity contribution in [1.29, 1.82) is 0 Å². The summed E-state index contributed by atoms with van der Waals surface area (Å²) in [6.07, 6.45) is 1.60. The molecule has 0 aliphatic carbocycles. The van der Waals surface area contributed by atoms with Crippen LogP contribution in [-0.2, 0) is 9.59 Å². The van der Waals surface area contributed by atoms with Crippen LogP contribution in [0.3, 0.4) is 0 Å². The van der Waals surface area contributed by atoms with Gasteiger partial charge in [0.15, 0.2) is 0 Å². The van der Waals surface area contributed by atoms with Gasteiger partial charge in [0.05, 0.1) is 4.91 Å². The Morgan fingerprint density at radius 2 is 1.50 bits per heavy atom. The van der Waals surface area contributed by atoms with Crippen molar-refractivity contribution in [2.24, 2.45) is 0 Å². The molecule has 172 valence electrons. The van der Waals surface area contributed by atoms with Gasteiger partial charge in [0.1, 0.15) is 31.3 Å². The van der Waals surface area contributed by atoms with Gasteiger partial charge in [-0.3, -0.25) is 19.3 Å². The van der Waals surface area contributed by atoms with Crippen molar-refractivity contribution in [2.75, 3.05) is 25.1 Å². The van der Waals surface area contributed by atoms with Gasteiger partial charge in [0.2, 0.25) is 5.91 Å². The lowest BCUT2D eigenvalue weighted by atomic mass is 10.2. The van der Waals surface area contributed by atoms with Crippen LogP contribution in [-0.4, -0.2) is 41.7 Å². The molecule has 1 aliphatic rings. The number of carbonyl (C=O) groups is 3. The van der Waals surface area contributed by atoms with E-state index in [0.717, 1.165) is 22.4 Å². The molecule has 0 bridgehead atoms. The highest BCUT2D eigenvalue weighted by Gasteiger charge is 2.36. The molecule has 1 fully saturated rings. The first kappa shape index (κ1) is 23.1. The van der Waals surface area contributed by atoms with Crippen molar-refractivity contribution in [3.63, 3.8) is 0 Å². The summed E-state index contributed by atoms with van der Waals surface area (Å²) in [7, 11) is 0. The lowest BCUT2D eigenvalue weighted by Crippen LogP contribution is -2.36. The Morgan fingerprint density at radius 3 is 2.26 bits per heavy atom. The molecule has 0 saturated carbocycles. The lowest BCUT2D eigenvalue weighted by Gasteiger charge is -2.12. The van der Waals surface area contributed by atoms with Crippen LogP contribution in [0, 0.1) is 0 Å². The van der Waals surface area contributed by atoms with Crippen LogP contribution in [0.1, 0.15) is 5.56 Å². The van der Waals surface area contributed by atoms with E-state index in [1.807, 2.05) is 48.5 Å². The Hall–Kier alpha value is -4.04. The van der Waals surface area contributed by atoms with Gasteiger partial charge >= 0.3 is 0 Å². The summed E-state index contributed by atoms with van der Waals surface area (Å²) in [4.78, 5) is 38.7. The third-order valence-electron chi connectivity index (χ3n) is 4.79. The molecule has 3 aromatic rings. The fourth-order valence-corrected chi connectivity index (χ4v) is 4.03. The Kier molecular flexibility index (Phi) is 7.62. The van der Waals surface area contributed by atoms with Crippen LogP contribution in [0.5, 0.6) is 11.5 Å². The van der Waals surface area contributed by atoms with Crippen molar-refractivity contribution in [1.82, 2.24) is 4.90 Å². The number of ether oxygens (including phenoxy) is 2. The van der Waals surface area contributed by atoms with Crippen LogP contribution in [0.2, 0.25) is 0 Å². The molecule has 3 aromatic carbocycles. The summed E-state index contributed by atoms with van der Waals surface area (Å²) >= 11 is 0.798. The van der Waals surface area contributed by atoms with E-state index >= 15 is 0 Å². The number of anilines is 1. The number of nitrogens with zero attached hydrogens (tertiary/aromatic N) is 1. The molecule has 4 rings (SSSR count). The zero-order valence-electron chi connectivity index (χ0n) is 18.2. The standard InChI is InChI=1S/C26H22N2O5S/c29-24(27-20-10-3-1-4-11-20)18-28-25(30)23(34-26(28)31)17-19-9-7-8-14-22(19)33-16-15-32-21-12-5-2-6-13-21/h1-14,17H,15-16,18H2,(H,27,29)/b23-17-. The average Bonchev–Trinajstić information content (AvgIpc) is 3.11. The van der Waals surface area contributed by atoms with Gasteiger partial charge in [-0.15, -0.1) is 0 Å². The van der Waals surface area contributed by atoms with Crippen LogP contribution < -0.4 is 14.8 Å². The fourth-order valence-electron chi connectivity index (χ4n) is 3.20. The fraction of sp³-hybridized carbons (Fsp3) is 0.115. The van der Waals surface area contributed by atoms with Crippen LogP contribution in [0.25, 0.3) is 6.08 Å². The summed E-state index contributed by atoms with van der Waals surface area (Å²) in [5, 5.41) is 2.19. The lowest BCUT2D eigenvalue weighted by molar-refractivity contribution is -0.127. The SMILES string of the molecule is O=C(CN1C(=O)S/C(=C\c2ccccc2OCCOc2ccccc2)C1=O)Nc1ccccc1. The Bertz CT molecular complexity index is 1200. The quantitative estimate of drug-likeness (QED) is 0.354. The van der Waals surface area contributed by atoms with Gasteiger partial charge in [-0.2, -0.15) is 0 Å². The van der Waals surface area contributed by atoms with Crippen LogP contribution in [0.4, 0.5) is 10.5 Å². The number of carbonyl (C=O) groups excluding carboxylic acids is 3. The third-order valence-corrected chi connectivity index (χ3v) is 5.70. The van der Waals surface area contributed by atoms with E-state index in [0.29, 0.717) is 30.2 Å². The summed E-state index contributed by atoms with van der Waals surface area (Å²) in [6.45, 7) is 0.304. The van der Waals surface area contributed by atoms with E-state index in [1.165, 1.54) is 0 Å². The third kappa shape index (κ3) is 6.05. The predicted octanol–water partition coefficient (Wildman–Crippen LogP) is 4.82. The molecular weight excluding hydrogens is 452 g/mol. The number of para-hydroxylation sites is 3. The van der Waals surface area contributed by atoms with Crippen molar-refractivity contribution in [3.8, 4) is 11.5 Å². The molecule has 1 heterocycles. The first-order valence-corrected chi connectivity index (χ1v) is 11.4. The average molecular weight is 475 g/mol. The van der Waals surface area contributed by atoms with Crippen molar-refractivity contribution >= 4 is 40.6 Å². The maximum Gasteiger partial charge on any atom is 0.294 e. The minimum Gasteiger partial charge on any atom is -0.490 e. The van der Waals surface area contributed by atoms with Gasteiger partial charge in [-0.05, 0) is 48.2 Å². The van der Waals surface area contributed by atoms with E-state index in [2.05, 4.69) is 5.32 Å². The smallest absolute Gasteiger partial charge is 0.294 e. The molecule has 0 aromatic heterocycles. The molecule has 8 heteroatoms.